The summed E-state index contributed by atoms with van der Waals surface area (Å²) in [4.78, 5) is 15.4. The largest absolute Gasteiger partial charge is 0.496 e. The summed E-state index contributed by atoms with van der Waals surface area (Å²) < 4.78 is 5.04. The highest BCUT2D eigenvalue weighted by Crippen LogP contribution is 2.23. The molecule has 0 unspecified atom stereocenters. The Labute approximate surface area is 200 Å². The molecule has 2 rings (SSSR count). The Morgan fingerprint density at radius 1 is 1.16 bits per heavy atom. The van der Waals surface area contributed by atoms with Crippen molar-refractivity contribution in [2.45, 2.75) is 67.7 Å². The number of rotatable bonds is 7. The first-order chi connectivity index (χ1) is 15.1. The molecule has 0 N–H and O–H groups in total. The molecular formula is C28H40ClNO2. The van der Waals surface area contributed by atoms with E-state index in [9.17, 15) is 4.79 Å². The average molecular weight is 458 g/mol. The summed E-state index contributed by atoms with van der Waals surface area (Å²) in [7, 11) is 1.57. The second kappa shape index (κ2) is 16.3. The molecule has 2 aromatic carbocycles. The molecule has 0 saturated heterocycles. The molecule has 0 aromatic heterocycles. The van der Waals surface area contributed by atoms with Crippen molar-refractivity contribution in [2.24, 2.45) is 10.9 Å². The van der Waals surface area contributed by atoms with Crippen LogP contribution in [0.3, 0.4) is 0 Å². The zero-order valence-corrected chi connectivity index (χ0v) is 21.8. The van der Waals surface area contributed by atoms with Crippen LogP contribution in [0.15, 0.2) is 54.0 Å². The number of hydrogen-bond acceptors (Lipinski definition) is 3. The van der Waals surface area contributed by atoms with Crippen molar-refractivity contribution in [2.75, 3.05) is 7.11 Å². The molecular weight excluding hydrogens is 418 g/mol. The fourth-order valence-corrected chi connectivity index (χ4v) is 2.90. The number of ketones is 1. The molecule has 0 aliphatic carbocycles. The molecule has 2 aromatic rings. The van der Waals surface area contributed by atoms with Crippen molar-refractivity contribution in [3.63, 3.8) is 0 Å². The molecule has 0 aliphatic heterocycles. The summed E-state index contributed by atoms with van der Waals surface area (Å²) in [5, 5.41) is 0.709. The summed E-state index contributed by atoms with van der Waals surface area (Å²) in [6.45, 7) is 17.9. The van der Waals surface area contributed by atoms with E-state index >= 15 is 0 Å². The molecule has 0 heterocycles. The number of aryl methyl sites for hydroxylation is 2. The minimum atomic E-state index is 0.0375. The van der Waals surface area contributed by atoms with Crippen LogP contribution in [-0.4, -0.2) is 18.6 Å². The van der Waals surface area contributed by atoms with E-state index < -0.39 is 0 Å². The van der Waals surface area contributed by atoms with E-state index in [-0.39, 0.29) is 5.78 Å². The summed E-state index contributed by atoms with van der Waals surface area (Å²) in [5.41, 5.74) is 4.64. The third-order valence-electron chi connectivity index (χ3n) is 4.98. The van der Waals surface area contributed by atoms with Crippen molar-refractivity contribution < 1.29 is 9.53 Å². The summed E-state index contributed by atoms with van der Waals surface area (Å²) >= 11 is 5.85. The number of carbonyl (C=O) groups excluding carboxylic acids is 1. The van der Waals surface area contributed by atoms with Gasteiger partial charge < -0.3 is 4.74 Å². The van der Waals surface area contributed by atoms with Crippen LogP contribution in [0.1, 0.15) is 75.4 Å². The smallest absolute Gasteiger partial charge is 0.163 e. The number of halogens is 1. The van der Waals surface area contributed by atoms with Gasteiger partial charge in [0.15, 0.2) is 5.78 Å². The number of ether oxygens (including phenoxy) is 1. The molecule has 0 fully saturated rings. The number of aliphatic imine (C=N–C) groups is 1. The monoisotopic (exact) mass is 457 g/mol. The van der Waals surface area contributed by atoms with Crippen molar-refractivity contribution in [1.82, 2.24) is 0 Å². The van der Waals surface area contributed by atoms with Crippen LogP contribution >= 0.6 is 11.6 Å². The summed E-state index contributed by atoms with van der Waals surface area (Å²) in [6, 6.07) is 11.2. The highest BCUT2D eigenvalue weighted by atomic mass is 35.5. The first-order valence-corrected chi connectivity index (χ1v) is 11.6. The Bertz CT molecular complexity index is 887. The SMILES string of the molecule is C=CC(C)=Nc1cc(Cl)ccc1C.CCC[C@@H](C)CC.COc1ccc(C)cc1C(C)=O. The van der Waals surface area contributed by atoms with Crippen molar-refractivity contribution in [1.29, 1.82) is 0 Å². The van der Waals surface area contributed by atoms with Gasteiger partial charge in [-0.25, -0.2) is 0 Å². The van der Waals surface area contributed by atoms with Gasteiger partial charge in [0, 0.05) is 10.7 Å². The molecule has 32 heavy (non-hydrogen) atoms. The summed E-state index contributed by atoms with van der Waals surface area (Å²) in [6.07, 6.45) is 5.81. The standard InChI is InChI=1S/C11H12ClN.C10H12O2.C7H16/c1-4-9(3)13-11-7-10(12)6-5-8(11)2;1-7-4-5-10(12-3)9(6-7)8(2)11;1-4-6-7(3)5-2/h4-7H,1H2,2-3H3;4-6H,1-3H3;7H,4-6H2,1-3H3/t;;7-/m..0/s1. The van der Waals surface area contributed by atoms with Crippen molar-refractivity contribution in [3.05, 3.63) is 70.8 Å². The fourth-order valence-electron chi connectivity index (χ4n) is 2.73. The van der Waals surface area contributed by atoms with E-state index in [1.807, 2.05) is 57.2 Å². The lowest BCUT2D eigenvalue weighted by molar-refractivity contribution is 0.101. The van der Waals surface area contributed by atoms with Crippen LogP contribution in [-0.2, 0) is 0 Å². The predicted molar refractivity (Wildman–Crippen MR) is 141 cm³/mol. The second-order valence-electron chi connectivity index (χ2n) is 7.95. The molecule has 1 atom stereocenters. The van der Waals surface area contributed by atoms with Gasteiger partial charge in [-0.05, 0) is 69.5 Å². The van der Waals surface area contributed by atoms with E-state index in [4.69, 9.17) is 16.3 Å². The molecule has 0 spiro atoms. The molecule has 4 heteroatoms. The number of nitrogens with zero attached hydrogens (tertiary/aromatic N) is 1. The minimum Gasteiger partial charge on any atom is -0.496 e. The Hall–Kier alpha value is -2.39. The molecule has 0 amide bonds. The van der Waals surface area contributed by atoms with Crippen LogP contribution in [0.4, 0.5) is 5.69 Å². The highest BCUT2D eigenvalue weighted by Gasteiger charge is 2.06. The number of methoxy groups -OCH3 is 1. The lowest BCUT2D eigenvalue weighted by Gasteiger charge is -2.05. The molecule has 0 saturated carbocycles. The molecule has 176 valence electrons. The first-order valence-electron chi connectivity index (χ1n) is 11.2. The highest BCUT2D eigenvalue weighted by molar-refractivity contribution is 6.30. The van der Waals surface area contributed by atoms with Gasteiger partial charge in [0.25, 0.3) is 0 Å². The molecule has 3 nitrogen and oxygen atoms in total. The molecule has 0 bridgehead atoms. The van der Waals surface area contributed by atoms with Crippen LogP contribution in [0, 0.1) is 19.8 Å². The zero-order chi connectivity index (χ0) is 24.7. The molecule has 0 aliphatic rings. The summed E-state index contributed by atoms with van der Waals surface area (Å²) in [5.74, 6) is 1.63. The van der Waals surface area contributed by atoms with Gasteiger partial charge in [-0.3, -0.25) is 9.79 Å². The Morgan fingerprint density at radius 2 is 1.81 bits per heavy atom. The third kappa shape index (κ3) is 11.9. The van der Waals surface area contributed by atoms with Gasteiger partial charge in [0.2, 0.25) is 0 Å². The number of hydrogen-bond donors (Lipinski definition) is 0. The first kappa shape index (κ1) is 29.6. The lowest BCUT2D eigenvalue weighted by atomic mass is 10.0. The van der Waals surface area contributed by atoms with E-state index in [0.29, 0.717) is 16.3 Å². The number of Topliss-reactive ketones (excluding diaryl/α,β-unsaturated/α-hetero) is 1. The predicted octanol–water partition coefficient (Wildman–Crippen LogP) is 8.97. The van der Waals surface area contributed by atoms with E-state index in [1.165, 1.54) is 26.2 Å². The minimum absolute atomic E-state index is 0.0375. The van der Waals surface area contributed by atoms with Crippen molar-refractivity contribution >= 4 is 28.8 Å². The van der Waals surface area contributed by atoms with Crippen molar-refractivity contribution in [3.8, 4) is 5.75 Å². The quantitative estimate of drug-likeness (QED) is 0.307. The Morgan fingerprint density at radius 3 is 2.28 bits per heavy atom. The third-order valence-corrected chi connectivity index (χ3v) is 5.21. The van der Waals surface area contributed by atoms with Crippen LogP contribution < -0.4 is 4.74 Å². The number of carbonyl (C=O) groups is 1. The maximum absolute atomic E-state index is 11.1. The fraction of sp³-hybridized carbons (Fsp3) is 0.429. The lowest BCUT2D eigenvalue weighted by Crippen LogP contribution is -1.97. The van der Waals surface area contributed by atoms with Gasteiger partial charge in [-0.2, -0.15) is 0 Å². The topological polar surface area (TPSA) is 38.7 Å². The number of allylic oxidation sites excluding steroid dienone is 1. The van der Waals surface area contributed by atoms with Gasteiger partial charge >= 0.3 is 0 Å². The van der Waals surface area contributed by atoms with E-state index in [2.05, 4.69) is 32.3 Å². The molecule has 0 radical (unpaired) electrons. The maximum Gasteiger partial charge on any atom is 0.163 e. The second-order valence-corrected chi connectivity index (χ2v) is 8.39. The van der Waals surface area contributed by atoms with Crippen LogP contribution in [0.2, 0.25) is 5.02 Å². The zero-order valence-electron chi connectivity index (χ0n) is 21.1. The Kier molecular flexibility index (Phi) is 15.1. The number of benzene rings is 2. The van der Waals surface area contributed by atoms with Crippen LogP contribution in [0.5, 0.6) is 5.75 Å². The van der Waals surface area contributed by atoms with E-state index in [1.54, 1.807) is 13.2 Å². The van der Waals surface area contributed by atoms with Gasteiger partial charge in [-0.15, -0.1) is 0 Å². The van der Waals surface area contributed by atoms with Crippen LogP contribution in [0.25, 0.3) is 0 Å². The van der Waals surface area contributed by atoms with Gasteiger partial charge in [0.05, 0.1) is 18.4 Å². The maximum atomic E-state index is 11.1. The van der Waals surface area contributed by atoms with Gasteiger partial charge in [0.1, 0.15) is 5.75 Å². The van der Waals surface area contributed by atoms with Gasteiger partial charge in [-0.1, -0.05) is 75.9 Å². The average Bonchev–Trinajstić information content (AvgIpc) is 2.77. The van der Waals surface area contributed by atoms with E-state index in [0.717, 1.165) is 28.4 Å². The Balaban J connectivity index is 0.000000473. The normalized spacial score (nSPS) is 11.3.